The lowest BCUT2D eigenvalue weighted by molar-refractivity contribution is -0.120. The molecule has 98 valence electrons. The van der Waals surface area contributed by atoms with Gasteiger partial charge in [-0.3, -0.25) is 4.79 Å². The van der Waals surface area contributed by atoms with Gasteiger partial charge < -0.3 is 5.32 Å². The molecule has 2 nitrogen and oxygen atoms in total. The van der Waals surface area contributed by atoms with Gasteiger partial charge in [-0.15, -0.1) is 0 Å². The molecule has 1 aliphatic heterocycles. The van der Waals surface area contributed by atoms with Crippen LogP contribution in [0.3, 0.4) is 0 Å². The van der Waals surface area contributed by atoms with Gasteiger partial charge in [0.25, 0.3) is 0 Å². The number of carbonyl (C=O) groups excluding carboxylic acids is 1. The van der Waals surface area contributed by atoms with E-state index < -0.39 is 5.82 Å². The zero-order valence-corrected chi connectivity index (χ0v) is 11.4. The van der Waals surface area contributed by atoms with Gasteiger partial charge in [0.05, 0.1) is 5.02 Å². The van der Waals surface area contributed by atoms with Crippen molar-refractivity contribution in [2.45, 2.75) is 38.6 Å². The van der Waals surface area contributed by atoms with Crippen LogP contribution in [0.1, 0.15) is 32.3 Å². The van der Waals surface area contributed by atoms with Crippen LogP contribution < -0.4 is 5.32 Å². The third-order valence-electron chi connectivity index (χ3n) is 3.80. The molecule has 0 radical (unpaired) electrons. The van der Waals surface area contributed by atoms with Crippen LogP contribution in [0.2, 0.25) is 5.02 Å². The summed E-state index contributed by atoms with van der Waals surface area (Å²) in [6.07, 6.45) is 2.07. The molecular formula is C14H17ClFNO. The van der Waals surface area contributed by atoms with Crippen molar-refractivity contribution in [1.82, 2.24) is 5.32 Å². The normalized spacial score (nSPS) is 23.5. The van der Waals surface area contributed by atoms with Crippen LogP contribution in [-0.4, -0.2) is 11.4 Å². The first-order valence-electron chi connectivity index (χ1n) is 6.18. The Kier molecular flexibility index (Phi) is 3.62. The van der Waals surface area contributed by atoms with Gasteiger partial charge in [0.2, 0.25) is 5.91 Å². The van der Waals surface area contributed by atoms with Crippen LogP contribution in [-0.2, 0) is 11.2 Å². The Bertz CT molecular complexity index is 475. The van der Waals surface area contributed by atoms with Crippen LogP contribution in [0, 0.1) is 11.7 Å². The van der Waals surface area contributed by atoms with Crippen molar-refractivity contribution < 1.29 is 9.18 Å². The number of carbonyl (C=O) groups is 1. The van der Waals surface area contributed by atoms with Crippen LogP contribution in [0.5, 0.6) is 0 Å². The first-order chi connectivity index (χ1) is 8.43. The summed E-state index contributed by atoms with van der Waals surface area (Å²) < 4.78 is 13.1. The monoisotopic (exact) mass is 269 g/mol. The topological polar surface area (TPSA) is 29.1 Å². The molecule has 1 aromatic rings. The van der Waals surface area contributed by atoms with E-state index in [1.165, 1.54) is 6.07 Å². The maximum Gasteiger partial charge on any atom is 0.220 e. The van der Waals surface area contributed by atoms with E-state index in [-0.39, 0.29) is 16.5 Å². The molecule has 0 aromatic heterocycles. The Balaban J connectivity index is 2.24. The van der Waals surface area contributed by atoms with Gasteiger partial charge in [0, 0.05) is 12.0 Å². The Morgan fingerprint density at radius 3 is 2.72 bits per heavy atom. The fourth-order valence-electron chi connectivity index (χ4n) is 2.52. The molecule has 1 aromatic carbocycles. The first-order valence-corrected chi connectivity index (χ1v) is 6.56. The summed E-state index contributed by atoms with van der Waals surface area (Å²) in [5.41, 5.74) is 0.732. The van der Waals surface area contributed by atoms with Crippen LogP contribution in [0.4, 0.5) is 4.39 Å². The minimum atomic E-state index is -0.408. The number of benzene rings is 1. The predicted octanol–water partition coefficient (Wildman–Crippen LogP) is 3.33. The van der Waals surface area contributed by atoms with Crippen molar-refractivity contribution in [3.63, 3.8) is 0 Å². The summed E-state index contributed by atoms with van der Waals surface area (Å²) in [6, 6.07) is 4.75. The molecule has 1 aliphatic rings. The third-order valence-corrected chi connectivity index (χ3v) is 4.08. The molecule has 0 saturated carbocycles. The predicted molar refractivity (Wildman–Crippen MR) is 70.1 cm³/mol. The summed E-state index contributed by atoms with van der Waals surface area (Å²) in [5.74, 6) is 0.0131. The number of rotatable bonds is 3. The lowest BCUT2D eigenvalue weighted by atomic mass is 9.80. The maximum atomic E-state index is 13.1. The van der Waals surface area contributed by atoms with E-state index in [0.717, 1.165) is 12.0 Å². The molecule has 1 amide bonds. The van der Waals surface area contributed by atoms with Crippen molar-refractivity contribution in [3.8, 4) is 0 Å². The fraction of sp³-hybridized carbons (Fsp3) is 0.500. The van der Waals surface area contributed by atoms with Crippen LogP contribution in [0.15, 0.2) is 18.2 Å². The Hall–Kier alpha value is -1.09. The first kappa shape index (κ1) is 13.3. The highest BCUT2D eigenvalue weighted by Crippen LogP contribution is 2.32. The molecule has 4 heteroatoms. The number of amides is 1. The van der Waals surface area contributed by atoms with Gasteiger partial charge in [-0.2, -0.15) is 0 Å². The summed E-state index contributed by atoms with van der Waals surface area (Å²) >= 11 is 5.79. The van der Waals surface area contributed by atoms with E-state index in [1.54, 1.807) is 12.1 Å². The third kappa shape index (κ3) is 2.51. The Morgan fingerprint density at radius 1 is 1.50 bits per heavy atom. The highest BCUT2D eigenvalue weighted by molar-refractivity contribution is 6.30. The van der Waals surface area contributed by atoms with Crippen LogP contribution in [0.25, 0.3) is 0 Å². The number of halogens is 2. The average Bonchev–Trinajstić information content (AvgIpc) is 2.67. The lowest BCUT2D eigenvalue weighted by Crippen LogP contribution is -2.48. The van der Waals surface area contributed by atoms with Crippen molar-refractivity contribution in [2.24, 2.45) is 5.92 Å². The van der Waals surface area contributed by atoms with Crippen LogP contribution >= 0.6 is 11.6 Å². The maximum absolute atomic E-state index is 13.1. The molecular weight excluding hydrogens is 253 g/mol. The van der Waals surface area contributed by atoms with Gasteiger partial charge in [0.1, 0.15) is 5.82 Å². The summed E-state index contributed by atoms with van der Waals surface area (Å²) in [4.78, 5) is 11.5. The molecule has 1 fully saturated rings. The molecule has 2 rings (SSSR count). The highest BCUT2D eigenvalue weighted by atomic mass is 35.5. The highest BCUT2D eigenvalue weighted by Gasteiger charge is 2.40. The second kappa shape index (κ2) is 4.88. The summed E-state index contributed by atoms with van der Waals surface area (Å²) in [7, 11) is 0. The zero-order valence-electron chi connectivity index (χ0n) is 10.6. The SMILES string of the molecule is CC(C)C1(Cc2ccc(F)c(Cl)c2)CCC(=O)N1. The second-order valence-corrected chi connectivity index (χ2v) is 5.69. The van der Waals surface area contributed by atoms with Gasteiger partial charge in [-0.05, 0) is 36.5 Å². The van der Waals surface area contributed by atoms with Crippen molar-refractivity contribution in [1.29, 1.82) is 0 Å². The fourth-order valence-corrected chi connectivity index (χ4v) is 2.73. The summed E-state index contributed by atoms with van der Waals surface area (Å²) in [5, 5.41) is 3.21. The molecule has 1 N–H and O–H groups in total. The van der Waals surface area contributed by atoms with Gasteiger partial charge in [-0.1, -0.05) is 31.5 Å². The molecule has 0 spiro atoms. The van der Waals surface area contributed by atoms with E-state index in [1.807, 2.05) is 0 Å². The number of hydrogen-bond donors (Lipinski definition) is 1. The molecule has 18 heavy (non-hydrogen) atoms. The smallest absolute Gasteiger partial charge is 0.220 e. The van der Waals surface area contributed by atoms with Crippen molar-refractivity contribution in [3.05, 3.63) is 34.6 Å². The molecule has 0 aliphatic carbocycles. The standard InChI is InChI=1S/C14H17ClFNO/c1-9(2)14(6-5-13(18)17-14)8-10-3-4-12(16)11(15)7-10/h3-4,7,9H,5-6,8H2,1-2H3,(H,17,18). The van der Waals surface area contributed by atoms with Crippen molar-refractivity contribution in [2.75, 3.05) is 0 Å². The van der Waals surface area contributed by atoms with E-state index in [9.17, 15) is 9.18 Å². The average molecular weight is 270 g/mol. The van der Waals surface area contributed by atoms with Gasteiger partial charge in [0.15, 0.2) is 0 Å². The van der Waals surface area contributed by atoms with E-state index in [0.29, 0.717) is 18.8 Å². The molecule has 1 atom stereocenters. The van der Waals surface area contributed by atoms with E-state index in [4.69, 9.17) is 11.6 Å². The zero-order chi connectivity index (χ0) is 13.3. The lowest BCUT2D eigenvalue weighted by Gasteiger charge is -2.33. The second-order valence-electron chi connectivity index (χ2n) is 5.28. The quantitative estimate of drug-likeness (QED) is 0.896. The molecule has 0 bridgehead atoms. The van der Waals surface area contributed by atoms with Gasteiger partial charge in [-0.25, -0.2) is 4.39 Å². The summed E-state index contributed by atoms with van der Waals surface area (Å²) in [6.45, 7) is 4.19. The molecule has 1 saturated heterocycles. The van der Waals surface area contributed by atoms with E-state index >= 15 is 0 Å². The Labute approximate surface area is 112 Å². The minimum absolute atomic E-state index is 0.0944. The molecule has 1 unspecified atom stereocenters. The minimum Gasteiger partial charge on any atom is -0.350 e. The largest absolute Gasteiger partial charge is 0.350 e. The van der Waals surface area contributed by atoms with Crippen molar-refractivity contribution >= 4 is 17.5 Å². The van der Waals surface area contributed by atoms with Gasteiger partial charge >= 0.3 is 0 Å². The number of hydrogen-bond acceptors (Lipinski definition) is 1. The van der Waals surface area contributed by atoms with E-state index in [2.05, 4.69) is 19.2 Å². The number of nitrogens with one attached hydrogen (secondary N) is 1. The Morgan fingerprint density at radius 2 is 2.22 bits per heavy atom. The molecule has 1 heterocycles.